The molecule has 0 aromatic heterocycles. The summed E-state index contributed by atoms with van der Waals surface area (Å²) in [5.74, 6) is -0.417. The van der Waals surface area contributed by atoms with Gasteiger partial charge in [-0.15, -0.1) is 0 Å². The van der Waals surface area contributed by atoms with Crippen LogP contribution < -0.4 is 5.73 Å². The van der Waals surface area contributed by atoms with E-state index < -0.39 is 19.9 Å². The van der Waals surface area contributed by atoms with Crippen molar-refractivity contribution < 1.29 is 32.8 Å². The summed E-state index contributed by atoms with van der Waals surface area (Å²) >= 11 is 0. The fraction of sp³-hybridized carbons (Fsp3) is 0.829. The zero-order chi connectivity index (χ0) is 36.6. The summed E-state index contributed by atoms with van der Waals surface area (Å²) in [4.78, 5) is 22.4. The SMILES string of the molecule is CCCCCCCCCCCC/C=C\C/C=C\CCC(=O)OC(CO/C=C/CCCCCCCCCCCCCC)COP(=O)(O)OCCN. The van der Waals surface area contributed by atoms with Crippen molar-refractivity contribution in [2.45, 2.75) is 193 Å². The predicted octanol–water partition coefficient (Wildman–Crippen LogP) is 12.2. The first-order valence-corrected chi connectivity index (χ1v) is 22.0. The van der Waals surface area contributed by atoms with Gasteiger partial charge < -0.3 is 20.1 Å². The molecular weight excluding hydrogens is 649 g/mol. The van der Waals surface area contributed by atoms with Crippen molar-refractivity contribution in [3.63, 3.8) is 0 Å². The summed E-state index contributed by atoms with van der Waals surface area (Å²) in [5, 5.41) is 0. The summed E-state index contributed by atoms with van der Waals surface area (Å²) in [6.45, 7) is 4.18. The summed E-state index contributed by atoms with van der Waals surface area (Å²) in [5.41, 5.74) is 5.35. The Morgan fingerprint density at radius 2 is 1.08 bits per heavy atom. The number of hydrogen-bond acceptors (Lipinski definition) is 7. The number of carbonyl (C=O) groups is 1. The Bertz CT molecular complexity index is 864. The van der Waals surface area contributed by atoms with Crippen LogP contribution in [0.2, 0.25) is 0 Å². The van der Waals surface area contributed by atoms with E-state index in [9.17, 15) is 14.3 Å². The van der Waals surface area contributed by atoms with Crippen LogP contribution in [-0.4, -0.2) is 43.3 Å². The lowest BCUT2D eigenvalue weighted by atomic mass is 10.0. The summed E-state index contributed by atoms with van der Waals surface area (Å²) in [6.07, 6.45) is 44.1. The molecule has 0 aliphatic carbocycles. The van der Waals surface area contributed by atoms with E-state index in [1.165, 1.54) is 135 Å². The van der Waals surface area contributed by atoms with Crippen LogP contribution in [0.4, 0.5) is 0 Å². The maximum absolute atomic E-state index is 12.5. The molecule has 0 radical (unpaired) electrons. The van der Waals surface area contributed by atoms with E-state index in [1.54, 1.807) is 6.26 Å². The maximum atomic E-state index is 12.5. The topological polar surface area (TPSA) is 117 Å². The number of unbranched alkanes of at least 4 members (excludes halogenated alkanes) is 22. The second-order valence-electron chi connectivity index (χ2n) is 13.6. The van der Waals surface area contributed by atoms with Gasteiger partial charge in [0, 0.05) is 13.0 Å². The molecule has 50 heavy (non-hydrogen) atoms. The van der Waals surface area contributed by atoms with Crippen molar-refractivity contribution in [2.24, 2.45) is 5.73 Å². The third-order valence-corrected chi connectivity index (χ3v) is 9.62. The quantitative estimate of drug-likeness (QED) is 0.0211. The van der Waals surface area contributed by atoms with Crippen LogP contribution in [0.25, 0.3) is 0 Å². The number of phosphoric acid groups is 1. The fourth-order valence-corrected chi connectivity index (χ4v) is 6.37. The molecule has 3 N–H and O–H groups in total. The third-order valence-electron chi connectivity index (χ3n) is 8.64. The second-order valence-corrected chi connectivity index (χ2v) is 15.0. The smallest absolute Gasteiger partial charge is 0.472 e. The van der Waals surface area contributed by atoms with Gasteiger partial charge >= 0.3 is 13.8 Å². The van der Waals surface area contributed by atoms with E-state index in [0.717, 1.165) is 25.7 Å². The van der Waals surface area contributed by atoms with Crippen LogP contribution in [0.5, 0.6) is 0 Å². The zero-order valence-corrected chi connectivity index (χ0v) is 33.3. The summed E-state index contributed by atoms with van der Waals surface area (Å²) < 4.78 is 33.0. The molecule has 0 aromatic carbocycles. The van der Waals surface area contributed by atoms with Gasteiger partial charge in [-0.1, -0.05) is 167 Å². The number of ether oxygens (including phenoxy) is 2. The highest BCUT2D eigenvalue weighted by Gasteiger charge is 2.25. The second kappa shape index (κ2) is 38.8. The van der Waals surface area contributed by atoms with E-state index in [0.29, 0.717) is 6.42 Å². The van der Waals surface area contributed by atoms with Crippen molar-refractivity contribution in [1.29, 1.82) is 0 Å². The van der Waals surface area contributed by atoms with Crippen molar-refractivity contribution in [2.75, 3.05) is 26.4 Å². The van der Waals surface area contributed by atoms with Crippen molar-refractivity contribution in [3.8, 4) is 0 Å². The molecule has 0 aliphatic heterocycles. The van der Waals surface area contributed by atoms with Gasteiger partial charge in [0.1, 0.15) is 6.61 Å². The molecular formula is C41H78NO7P. The van der Waals surface area contributed by atoms with Gasteiger partial charge in [-0.05, 0) is 44.6 Å². The van der Waals surface area contributed by atoms with Gasteiger partial charge in [0.25, 0.3) is 0 Å². The molecule has 0 aliphatic rings. The molecule has 0 saturated carbocycles. The molecule has 2 atom stereocenters. The number of carbonyl (C=O) groups excluding carboxylic acids is 1. The molecule has 0 fully saturated rings. The third kappa shape index (κ3) is 37.8. The molecule has 0 rings (SSSR count). The van der Waals surface area contributed by atoms with Gasteiger partial charge in [-0.25, -0.2) is 4.57 Å². The van der Waals surface area contributed by atoms with Gasteiger partial charge in [0.05, 0.1) is 19.5 Å². The Hall–Kier alpha value is -1.44. The molecule has 0 bridgehead atoms. The van der Waals surface area contributed by atoms with Crippen LogP contribution in [0.15, 0.2) is 36.6 Å². The number of rotatable bonds is 39. The first-order chi connectivity index (χ1) is 24.4. The maximum Gasteiger partial charge on any atom is 0.472 e. The van der Waals surface area contributed by atoms with Gasteiger partial charge in [0.15, 0.2) is 6.10 Å². The van der Waals surface area contributed by atoms with Crippen LogP contribution in [0, 0.1) is 0 Å². The Labute approximate surface area is 308 Å². The number of phosphoric ester groups is 1. The molecule has 2 unspecified atom stereocenters. The normalized spacial score (nSPS) is 13.8. The monoisotopic (exact) mass is 728 g/mol. The minimum atomic E-state index is -4.30. The van der Waals surface area contributed by atoms with Gasteiger partial charge in [-0.2, -0.15) is 0 Å². The van der Waals surface area contributed by atoms with E-state index >= 15 is 0 Å². The van der Waals surface area contributed by atoms with Crippen molar-refractivity contribution in [3.05, 3.63) is 36.6 Å². The molecule has 9 heteroatoms. The predicted molar refractivity (Wildman–Crippen MR) is 210 cm³/mol. The molecule has 0 saturated heterocycles. The molecule has 0 heterocycles. The van der Waals surface area contributed by atoms with E-state index in [1.807, 2.05) is 12.2 Å². The Balaban J connectivity index is 4.18. The van der Waals surface area contributed by atoms with Gasteiger partial charge in [-0.3, -0.25) is 13.8 Å². The highest BCUT2D eigenvalue weighted by molar-refractivity contribution is 7.47. The average molecular weight is 728 g/mol. The zero-order valence-electron chi connectivity index (χ0n) is 32.4. The fourth-order valence-electron chi connectivity index (χ4n) is 5.60. The Kier molecular flexibility index (Phi) is 37.7. The van der Waals surface area contributed by atoms with Crippen LogP contribution in [0.3, 0.4) is 0 Å². The molecule has 0 aromatic rings. The number of nitrogens with two attached hydrogens (primary N) is 1. The first kappa shape index (κ1) is 48.6. The lowest BCUT2D eigenvalue weighted by molar-refractivity contribution is -0.153. The Morgan fingerprint density at radius 1 is 0.620 bits per heavy atom. The summed E-state index contributed by atoms with van der Waals surface area (Å²) in [6, 6.07) is 0. The first-order valence-electron chi connectivity index (χ1n) is 20.5. The van der Waals surface area contributed by atoms with Crippen LogP contribution >= 0.6 is 7.82 Å². The number of esters is 1. The largest absolute Gasteiger partial charge is 0.498 e. The van der Waals surface area contributed by atoms with E-state index in [-0.39, 0.29) is 32.8 Å². The standard InChI is InChI=1S/C41H78NO7P/c1-3-5-7-9-11-13-15-17-19-20-21-22-24-26-28-30-32-34-41(43)49-40(39-48-50(44,45)47-37-35-42)38-46-36-33-31-29-27-25-23-18-16-14-12-10-8-6-4-2/h22,24,28,30,33,36,40H,3-21,23,25-27,29,31-32,34-35,37-39,42H2,1-2H3,(H,44,45)/b24-22-,30-28-,36-33+. The van der Waals surface area contributed by atoms with Crippen LogP contribution in [-0.2, 0) is 27.9 Å². The van der Waals surface area contributed by atoms with Crippen molar-refractivity contribution >= 4 is 13.8 Å². The molecule has 0 spiro atoms. The molecule has 8 nitrogen and oxygen atoms in total. The number of hydrogen-bond donors (Lipinski definition) is 2. The Morgan fingerprint density at radius 3 is 1.58 bits per heavy atom. The minimum absolute atomic E-state index is 0.0112. The lowest BCUT2D eigenvalue weighted by Gasteiger charge is -2.19. The van der Waals surface area contributed by atoms with Crippen LogP contribution in [0.1, 0.15) is 187 Å². The lowest BCUT2D eigenvalue weighted by Crippen LogP contribution is -2.27. The van der Waals surface area contributed by atoms with Crippen molar-refractivity contribution in [1.82, 2.24) is 0 Å². The average Bonchev–Trinajstić information content (AvgIpc) is 3.10. The van der Waals surface area contributed by atoms with Gasteiger partial charge in [0.2, 0.25) is 0 Å². The summed E-state index contributed by atoms with van der Waals surface area (Å²) in [7, 11) is -4.30. The van der Waals surface area contributed by atoms with E-state index in [2.05, 4.69) is 32.1 Å². The highest BCUT2D eigenvalue weighted by Crippen LogP contribution is 2.43. The minimum Gasteiger partial charge on any atom is -0.498 e. The molecule has 294 valence electrons. The number of allylic oxidation sites excluding steroid dienone is 5. The van der Waals surface area contributed by atoms with E-state index in [4.69, 9.17) is 24.3 Å². The highest BCUT2D eigenvalue weighted by atomic mass is 31.2. The molecule has 0 amide bonds.